The quantitative estimate of drug-likeness (QED) is 0.838. The highest BCUT2D eigenvalue weighted by molar-refractivity contribution is 7.09. The van der Waals surface area contributed by atoms with E-state index in [1.807, 2.05) is 0 Å². The number of nitrogens with zero attached hydrogens (tertiary/aromatic N) is 1. The van der Waals surface area contributed by atoms with Crippen LogP contribution in [-0.2, 0) is 14.2 Å². The number of nitrogens with one attached hydrogen (secondary N) is 1. The van der Waals surface area contributed by atoms with Crippen LogP contribution in [0.25, 0.3) is 0 Å². The molecule has 0 aliphatic rings. The Labute approximate surface area is 127 Å². The molecule has 21 heavy (non-hydrogen) atoms. The number of alkyl carbamates (subject to hydrolysis) is 1. The monoisotopic (exact) mass is 316 g/mol. The summed E-state index contributed by atoms with van der Waals surface area (Å²) in [5, 5.41) is 4.79. The maximum absolute atomic E-state index is 11.8. The molecule has 0 saturated heterocycles. The van der Waals surface area contributed by atoms with E-state index in [0.717, 1.165) is 0 Å². The van der Waals surface area contributed by atoms with E-state index in [1.54, 1.807) is 26.2 Å². The minimum Gasteiger partial charge on any atom is -0.464 e. The highest BCUT2D eigenvalue weighted by Crippen LogP contribution is 2.20. The lowest BCUT2D eigenvalue weighted by atomic mass is 10.2. The van der Waals surface area contributed by atoms with E-state index in [9.17, 15) is 9.59 Å². The van der Waals surface area contributed by atoms with Gasteiger partial charge in [-0.3, -0.25) is 0 Å². The second kappa shape index (κ2) is 7.37. The highest BCUT2D eigenvalue weighted by Gasteiger charge is 2.23. The fourth-order valence-corrected chi connectivity index (χ4v) is 2.26. The van der Waals surface area contributed by atoms with Crippen LogP contribution in [0.4, 0.5) is 4.79 Å². The normalized spacial score (nSPS) is 12.6. The predicted molar refractivity (Wildman–Crippen MR) is 77.4 cm³/mol. The molecule has 0 aliphatic carbocycles. The van der Waals surface area contributed by atoms with E-state index >= 15 is 0 Å². The molecular weight excluding hydrogens is 296 g/mol. The number of carbonyl (C=O) groups is 2. The first kappa shape index (κ1) is 17.4. The van der Waals surface area contributed by atoms with Crippen LogP contribution in [0.3, 0.4) is 0 Å². The maximum Gasteiger partial charge on any atom is 0.408 e. The molecule has 1 N–H and O–H groups in total. The summed E-state index contributed by atoms with van der Waals surface area (Å²) < 4.78 is 14.9. The molecule has 1 atom stereocenters. The van der Waals surface area contributed by atoms with Crippen LogP contribution in [0.15, 0.2) is 5.38 Å². The molecule has 0 aromatic carbocycles. The van der Waals surface area contributed by atoms with Gasteiger partial charge in [0.2, 0.25) is 0 Å². The van der Waals surface area contributed by atoms with E-state index in [2.05, 4.69) is 15.0 Å². The number of esters is 1. The van der Waals surface area contributed by atoms with E-state index in [4.69, 9.17) is 9.47 Å². The smallest absolute Gasteiger partial charge is 0.408 e. The van der Waals surface area contributed by atoms with Crippen molar-refractivity contribution in [2.75, 3.05) is 20.8 Å². The van der Waals surface area contributed by atoms with Gasteiger partial charge >= 0.3 is 12.1 Å². The Kier molecular flexibility index (Phi) is 6.10. The van der Waals surface area contributed by atoms with Crippen LogP contribution in [0.1, 0.15) is 42.3 Å². The lowest BCUT2D eigenvalue weighted by Gasteiger charge is -2.22. The zero-order valence-electron chi connectivity index (χ0n) is 12.8. The molecule has 0 fully saturated rings. The Morgan fingerprint density at radius 2 is 2.05 bits per heavy atom. The topological polar surface area (TPSA) is 86.8 Å². The summed E-state index contributed by atoms with van der Waals surface area (Å²) >= 11 is 1.24. The van der Waals surface area contributed by atoms with Crippen LogP contribution in [0, 0.1) is 0 Å². The number of hydrogen-bond acceptors (Lipinski definition) is 7. The van der Waals surface area contributed by atoms with Crippen molar-refractivity contribution in [3.8, 4) is 0 Å². The van der Waals surface area contributed by atoms with Gasteiger partial charge in [-0.15, -0.1) is 11.3 Å². The largest absolute Gasteiger partial charge is 0.464 e. The Hall–Kier alpha value is -1.67. The van der Waals surface area contributed by atoms with Gasteiger partial charge in [0.15, 0.2) is 5.69 Å². The van der Waals surface area contributed by atoms with Gasteiger partial charge in [-0.1, -0.05) is 0 Å². The molecule has 118 valence electrons. The van der Waals surface area contributed by atoms with E-state index in [0.29, 0.717) is 5.01 Å². The number of ether oxygens (including phenoxy) is 3. The summed E-state index contributed by atoms with van der Waals surface area (Å²) in [7, 11) is 2.80. The minimum atomic E-state index is -0.595. The summed E-state index contributed by atoms with van der Waals surface area (Å²) in [6.07, 6.45) is -0.570. The van der Waals surface area contributed by atoms with Crippen LogP contribution in [0.5, 0.6) is 0 Å². The molecule has 0 radical (unpaired) electrons. The number of methoxy groups -OCH3 is 2. The number of hydrogen-bond donors (Lipinski definition) is 1. The molecule has 1 amide bonds. The van der Waals surface area contributed by atoms with Gasteiger partial charge in [-0.2, -0.15) is 0 Å². The molecule has 1 rings (SSSR count). The Morgan fingerprint density at radius 1 is 1.38 bits per heavy atom. The maximum atomic E-state index is 11.8. The first-order valence-electron chi connectivity index (χ1n) is 6.29. The summed E-state index contributed by atoms with van der Waals surface area (Å²) in [6, 6.07) is -0.492. The van der Waals surface area contributed by atoms with Crippen LogP contribution in [-0.4, -0.2) is 43.5 Å². The molecule has 0 saturated carbocycles. The van der Waals surface area contributed by atoms with E-state index < -0.39 is 23.7 Å². The number of thiazole rings is 1. The SMILES string of the molecule is COCC(NC(=O)OC(C)(C)C)c1nc(C(=O)OC)cs1. The van der Waals surface area contributed by atoms with Crippen molar-refractivity contribution in [2.24, 2.45) is 0 Å². The fraction of sp³-hybridized carbons (Fsp3) is 0.615. The van der Waals surface area contributed by atoms with Crippen LogP contribution < -0.4 is 5.32 Å². The van der Waals surface area contributed by atoms with Gasteiger partial charge in [0.05, 0.1) is 13.7 Å². The zero-order valence-corrected chi connectivity index (χ0v) is 13.6. The molecule has 1 heterocycles. The van der Waals surface area contributed by atoms with Crippen molar-refractivity contribution in [1.29, 1.82) is 0 Å². The average molecular weight is 316 g/mol. The third kappa shape index (κ3) is 5.68. The van der Waals surface area contributed by atoms with Crippen molar-refractivity contribution in [2.45, 2.75) is 32.4 Å². The van der Waals surface area contributed by atoms with E-state index in [-0.39, 0.29) is 12.3 Å². The molecule has 1 unspecified atom stereocenters. The summed E-state index contributed by atoms with van der Waals surface area (Å²) in [6.45, 7) is 5.54. The van der Waals surface area contributed by atoms with E-state index in [1.165, 1.54) is 25.6 Å². The Balaban J connectivity index is 2.79. The number of carbonyl (C=O) groups excluding carboxylic acids is 2. The third-order valence-corrected chi connectivity index (χ3v) is 3.20. The van der Waals surface area contributed by atoms with Gasteiger partial charge in [0.25, 0.3) is 0 Å². The number of aromatic nitrogens is 1. The number of amides is 1. The molecule has 0 spiro atoms. The fourth-order valence-electron chi connectivity index (χ4n) is 1.44. The first-order valence-corrected chi connectivity index (χ1v) is 7.17. The highest BCUT2D eigenvalue weighted by atomic mass is 32.1. The average Bonchev–Trinajstić information content (AvgIpc) is 2.84. The van der Waals surface area contributed by atoms with Gasteiger partial charge in [0.1, 0.15) is 16.7 Å². The lowest BCUT2D eigenvalue weighted by Crippen LogP contribution is -2.36. The molecule has 0 aliphatic heterocycles. The van der Waals surface area contributed by atoms with Gasteiger partial charge in [-0.25, -0.2) is 14.6 Å². The summed E-state index contributed by atoms with van der Waals surface area (Å²) in [5.74, 6) is -0.522. The van der Waals surface area contributed by atoms with Crippen molar-refractivity contribution in [1.82, 2.24) is 10.3 Å². The number of rotatable bonds is 5. The lowest BCUT2D eigenvalue weighted by molar-refractivity contribution is 0.0467. The second-order valence-corrected chi connectivity index (χ2v) is 6.11. The molecule has 7 nitrogen and oxygen atoms in total. The molecule has 8 heteroatoms. The van der Waals surface area contributed by atoms with Crippen molar-refractivity contribution in [3.63, 3.8) is 0 Å². The van der Waals surface area contributed by atoms with Crippen molar-refractivity contribution >= 4 is 23.4 Å². The zero-order chi connectivity index (χ0) is 16.0. The first-order chi connectivity index (χ1) is 9.76. The second-order valence-electron chi connectivity index (χ2n) is 5.22. The molecule has 0 bridgehead atoms. The summed E-state index contributed by atoms with van der Waals surface area (Å²) in [4.78, 5) is 27.3. The summed E-state index contributed by atoms with van der Waals surface area (Å²) in [5.41, 5.74) is -0.397. The van der Waals surface area contributed by atoms with Gasteiger partial charge in [-0.05, 0) is 20.8 Å². The Bertz CT molecular complexity index is 495. The Morgan fingerprint density at radius 3 is 2.57 bits per heavy atom. The van der Waals surface area contributed by atoms with Gasteiger partial charge < -0.3 is 19.5 Å². The van der Waals surface area contributed by atoms with Gasteiger partial charge in [0, 0.05) is 12.5 Å². The van der Waals surface area contributed by atoms with Crippen LogP contribution >= 0.6 is 11.3 Å². The molecule has 1 aromatic heterocycles. The van der Waals surface area contributed by atoms with Crippen LogP contribution in [0.2, 0.25) is 0 Å². The standard InChI is InChI=1S/C13H20N2O5S/c1-13(2,3)20-12(17)15-8(6-18-4)10-14-9(7-21-10)11(16)19-5/h7-8H,6H2,1-5H3,(H,15,17). The minimum absolute atomic E-state index is 0.199. The van der Waals surface area contributed by atoms with Crippen molar-refractivity contribution < 1.29 is 23.8 Å². The molecular formula is C13H20N2O5S. The molecule has 1 aromatic rings. The third-order valence-electron chi connectivity index (χ3n) is 2.24. The predicted octanol–water partition coefficient (Wildman–Crippen LogP) is 2.14. The van der Waals surface area contributed by atoms with Crippen molar-refractivity contribution in [3.05, 3.63) is 16.1 Å².